The van der Waals surface area contributed by atoms with Gasteiger partial charge in [0.15, 0.2) is 0 Å². The summed E-state index contributed by atoms with van der Waals surface area (Å²) in [4.78, 5) is 10.7. The normalized spacial score (nSPS) is 10.5. The summed E-state index contributed by atoms with van der Waals surface area (Å²) < 4.78 is 13.1. The Morgan fingerprint density at radius 2 is 1.76 bits per heavy atom. The summed E-state index contributed by atoms with van der Waals surface area (Å²) in [5.74, 6) is -0.284. The van der Waals surface area contributed by atoms with Crippen LogP contribution in [0.5, 0.6) is 0 Å². The van der Waals surface area contributed by atoms with Crippen LogP contribution in [0, 0.1) is 36.7 Å². The van der Waals surface area contributed by atoms with E-state index < -0.39 is 4.92 Å². The molecule has 0 atom stereocenters. The first kappa shape index (κ1) is 15.0. The zero-order valence-corrected chi connectivity index (χ0v) is 12.2. The number of rotatable bonds is 4. The smallest absolute Gasteiger partial charge is 0.292 e. The van der Waals surface area contributed by atoms with Crippen molar-refractivity contribution in [2.75, 3.05) is 5.32 Å². The van der Waals surface area contributed by atoms with Crippen LogP contribution in [0.3, 0.4) is 0 Å². The lowest BCUT2D eigenvalue weighted by molar-refractivity contribution is -0.384. The van der Waals surface area contributed by atoms with Gasteiger partial charge in [0, 0.05) is 12.6 Å². The zero-order valence-electron chi connectivity index (χ0n) is 12.2. The van der Waals surface area contributed by atoms with Crippen LogP contribution in [-0.2, 0) is 6.54 Å². The third-order valence-corrected chi connectivity index (χ3v) is 3.58. The maximum absolute atomic E-state index is 13.1. The van der Waals surface area contributed by atoms with E-state index in [0.29, 0.717) is 12.2 Å². The maximum Gasteiger partial charge on any atom is 0.292 e. The Bertz CT molecular complexity index is 699. The Hall–Kier alpha value is -2.43. The molecule has 0 spiro atoms. The van der Waals surface area contributed by atoms with E-state index in [2.05, 4.69) is 5.32 Å². The van der Waals surface area contributed by atoms with Gasteiger partial charge in [-0.15, -0.1) is 0 Å². The monoisotopic (exact) mass is 288 g/mol. The Balaban J connectivity index is 2.27. The van der Waals surface area contributed by atoms with Gasteiger partial charge in [0.25, 0.3) is 5.69 Å². The second-order valence-corrected chi connectivity index (χ2v) is 5.14. The number of nitro groups is 1. The second kappa shape index (κ2) is 5.91. The quantitative estimate of drug-likeness (QED) is 0.675. The van der Waals surface area contributed by atoms with E-state index in [9.17, 15) is 14.5 Å². The first-order valence-electron chi connectivity index (χ1n) is 6.63. The molecule has 0 saturated heterocycles. The first-order chi connectivity index (χ1) is 9.88. The minimum absolute atomic E-state index is 0.0536. The molecular weight excluding hydrogens is 271 g/mol. The SMILES string of the molecule is Cc1cc(NCc2ccc(F)cc2C)c([N+](=O)[O-])cc1C. The molecule has 0 unspecified atom stereocenters. The van der Waals surface area contributed by atoms with Crippen molar-refractivity contribution in [1.29, 1.82) is 0 Å². The standard InChI is InChI=1S/C16H17FN2O2/c1-10-7-15(16(19(20)21)8-11(10)2)18-9-13-4-5-14(17)6-12(13)3/h4-8,18H,9H2,1-3H3. The highest BCUT2D eigenvalue weighted by Gasteiger charge is 2.15. The highest BCUT2D eigenvalue weighted by molar-refractivity contribution is 5.64. The van der Waals surface area contributed by atoms with E-state index in [1.807, 2.05) is 20.8 Å². The van der Waals surface area contributed by atoms with Crippen molar-refractivity contribution in [2.24, 2.45) is 0 Å². The lowest BCUT2D eigenvalue weighted by Gasteiger charge is -2.11. The van der Waals surface area contributed by atoms with Gasteiger partial charge in [-0.3, -0.25) is 10.1 Å². The molecule has 2 aromatic carbocycles. The largest absolute Gasteiger partial charge is 0.375 e. The number of anilines is 1. The van der Waals surface area contributed by atoms with Gasteiger partial charge in [-0.2, -0.15) is 0 Å². The topological polar surface area (TPSA) is 55.2 Å². The van der Waals surface area contributed by atoms with E-state index in [1.165, 1.54) is 12.1 Å². The predicted octanol–water partition coefficient (Wildman–Crippen LogP) is 4.27. The number of aryl methyl sites for hydroxylation is 3. The van der Waals surface area contributed by atoms with Gasteiger partial charge in [0.1, 0.15) is 11.5 Å². The molecule has 0 aliphatic carbocycles. The third kappa shape index (κ3) is 3.37. The Morgan fingerprint density at radius 3 is 2.38 bits per heavy atom. The Labute approximate surface area is 122 Å². The molecule has 0 fully saturated rings. The van der Waals surface area contributed by atoms with Crippen molar-refractivity contribution < 1.29 is 9.31 Å². The molecule has 2 rings (SSSR count). The molecule has 4 nitrogen and oxygen atoms in total. The van der Waals surface area contributed by atoms with Crippen molar-refractivity contribution in [3.63, 3.8) is 0 Å². The lowest BCUT2D eigenvalue weighted by atomic mass is 10.1. The van der Waals surface area contributed by atoms with Crippen LogP contribution in [-0.4, -0.2) is 4.92 Å². The van der Waals surface area contributed by atoms with Gasteiger partial charge in [-0.1, -0.05) is 6.07 Å². The molecule has 0 radical (unpaired) electrons. The van der Waals surface area contributed by atoms with Gasteiger partial charge in [0.05, 0.1) is 4.92 Å². The van der Waals surface area contributed by atoms with Gasteiger partial charge in [-0.05, 0) is 61.2 Å². The molecule has 0 saturated carbocycles. The summed E-state index contributed by atoms with van der Waals surface area (Å²) in [5.41, 5.74) is 4.12. The van der Waals surface area contributed by atoms with E-state index in [-0.39, 0.29) is 11.5 Å². The van der Waals surface area contributed by atoms with Gasteiger partial charge in [0.2, 0.25) is 0 Å². The Kier molecular flexibility index (Phi) is 4.21. The molecule has 21 heavy (non-hydrogen) atoms. The minimum Gasteiger partial charge on any atom is -0.375 e. The van der Waals surface area contributed by atoms with E-state index in [1.54, 1.807) is 18.2 Å². The van der Waals surface area contributed by atoms with Crippen LogP contribution >= 0.6 is 0 Å². The summed E-state index contributed by atoms with van der Waals surface area (Å²) >= 11 is 0. The molecule has 2 aromatic rings. The molecule has 5 heteroatoms. The van der Waals surface area contributed by atoms with Crippen molar-refractivity contribution >= 4 is 11.4 Å². The van der Waals surface area contributed by atoms with Crippen molar-refractivity contribution in [2.45, 2.75) is 27.3 Å². The fourth-order valence-electron chi connectivity index (χ4n) is 2.14. The molecule has 0 aliphatic rings. The molecule has 1 N–H and O–H groups in total. The number of nitrogens with zero attached hydrogens (tertiary/aromatic N) is 1. The number of benzene rings is 2. The molecule has 110 valence electrons. The van der Waals surface area contributed by atoms with Crippen LogP contribution in [0.15, 0.2) is 30.3 Å². The maximum atomic E-state index is 13.1. The molecule has 0 bridgehead atoms. The lowest BCUT2D eigenvalue weighted by Crippen LogP contribution is -2.05. The average molecular weight is 288 g/mol. The Morgan fingerprint density at radius 1 is 1.10 bits per heavy atom. The van der Waals surface area contributed by atoms with E-state index in [0.717, 1.165) is 22.3 Å². The highest BCUT2D eigenvalue weighted by Crippen LogP contribution is 2.28. The zero-order chi connectivity index (χ0) is 15.6. The number of nitrogens with one attached hydrogen (secondary N) is 1. The van der Waals surface area contributed by atoms with Crippen LogP contribution < -0.4 is 5.32 Å². The average Bonchev–Trinajstić information content (AvgIpc) is 2.41. The number of nitro benzene ring substituents is 1. The molecule has 0 aromatic heterocycles. The summed E-state index contributed by atoms with van der Waals surface area (Å²) in [6.07, 6.45) is 0. The van der Waals surface area contributed by atoms with E-state index >= 15 is 0 Å². The van der Waals surface area contributed by atoms with Crippen LogP contribution in [0.2, 0.25) is 0 Å². The van der Waals surface area contributed by atoms with Crippen molar-refractivity contribution in [3.8, 4) is 0 Å². The summed E-state index contributed by atoms with van der Waals surface area (Å²) in [6.45, 7) is 5.98. The molecule has 0 amide bonds. The summed E-state index contributed by atoms with van der Waals surface area (Å²) in [6, 6.07) is 7.86. The molecule has 0 heterocycles. The third-order valence-electron chi connectivity index (χ3n) is 3.58. The molecular formula is C16H17FN2O2. The second-order valence-electron chi connectivity index (χ2n) is 5.14. The minimum atomic E-state index is -0.397. The highest BCUT2D eigenvalue weighted by atomic mass is 19.1. The fraction of sp³-hybridized carbons (Fsp3) is 0.250. The van der Waals surface area contributed by atoms with Gasteiger partial charge < -0.3 is 5.32 Å². The number of hydrogen-bond acceptors (Lipinski definition) is 3. The van der Waals surface area contributed by atoms with Crippen molar-refractivity contribution in [1.82, 2.24) is 0 Å². The predicted molar refractivity (Wildman–Crippen MR) is 81.0 cm³/mol. The van der Waals surface area contributed by atoms with Crippen LogP contribution in [0.1, 0.15) is 22.3 Å². The van der Waals surface area contributed by atoms with Gasteiger partial charge in [-0.25, -0.2) is 4.39 Å². The van der Waals surface area contributed by atoms with Crippen molar-refractivity contribution in [3.05, 3.63) is 68.5 Å². The summed E-state index contributed by atoms with van der Waals surface area (Å²) in [5, 5.41) is 14.2. The van der Waals surface area contributed by atoms with Crippen LogP contribution in [0.25, 0.3) is 0 Å². The van der Waals surface area contributed by atoms with Crippen LogP contribution in [0.4, 0.5) is 15.8 Å². The number of halogens is 1. The number of hydrogen-bond donors (Lipinski definition) is 1. The summed E-state index contributed by atoms with van der Waals surface area (Å²) in [7, 11) is 0. The first-order valence-corrected chi connectivity index (χ1v) is 6.63. The molecule has 0 aliphatic heterocycles. The fourth-order valence-corrected chi connectivity index (χ4v) is 2.14. The van der Waals surface area contributed by atoms with E-state index in [4.69, 9.17) is 0 Å². The van der Waals surface area contributed by atoms with Gasteiger partial charge >= 0.3 is 0 Å².